The van der Waals surface area contributed by atoms with E-state index >= 15 is 0 Å². The van der Waals surface area contributed by atoms with Crippen molar-refractivity contribution in [3.63, 3.8) is 0 Å². The number of ether oxygens (including phenoxy) is 1. The molecule has 2 aromatic carbocycles. The molecule has 3 rings (SSSR count). The average molecular weight is 292 g/mol. The Morgan fingerprint density at radius 3 is 2.35 bits per heavy atom. The smallest absolute Gasteiger partial charge is 0.141 e. The Morgan fingerprint density at radius 1 is 1.10 bits per heavy atom. The van der Waals surface area contributed by atoms with Crippen molar-refractivity contribution in [3.05, 3.63) is 64.4 Å². The van der Waals surface area contributed by atoms with E-state index in [4.69, 9.17) is 22.1 Å². The predicted molar refractivity (Wildman–Crippen MR) is 77.5 cm³/mol. The largest absolute Gasteiger partial charge is 0.490 e. The average Bonchev–Trinajstić information content (AvgIpc) is 3.26. The van der Waals surface area contributed by atoms with E-state index in [1.54, 1.807) is 12.1 Å². The van der Waals surface area contributed by atoms with Crippen LogP contribution in [0.2, 0.25) is 5.02 Å². The standard InChI is InChI=1S/C16H15ClFNO/c17-14-9-11(3-8-15(14)18)16(19)10-1-4-12(5-2-10)20-13-6-7-13/h1-5,8-9,13,16H,6-7,19H2. The van der Waals surface area contributed by atoms with Crippen molar-refractivity contribution >= 4 is 11.6 Å². The molecule has 4 heteroatoms. The molecule has 20 heavy (non-hydrogen) atoms. The van der Waals surface area contributed by atoms with E-state index in [0.29, 0.717) is 6.10 Å². The third-order valence-corrected chi connectivity index (χ3v) is 3.66. The molecule has 0 heterocycles. The maximum absolute atomic E-state index is 13.2. The zero-order valence-electron chi connectivity index (χ0n) is 10.9. The molecule has 0 spiro atoms. The minimum absolute atomic E-state index is 0.0895. The summed E-state index contributed by atoms with van der Waals surface area (Å²) in [5.41, 5.74) is 7.90. The summed E-state index contributed by atoms with van der Waals surface area (Å²) in [4.78, 5) is 0. The van der Waals surface area contributed by atoms with E-state index in [0.717, 1.165) is 29.7 Å². The van der Waals surface area contributed by atoms with Crippen molar-refractivity contribution in [1.82, 2.24) is 0 Å². The Balaban J connectivity index is 1.78. The number of halogens is 2. The molecule has 0 bridgehead atoms. The zero-order chi connectivity index (χ0) is 14.1. The van der Waals surface area contributed by atoms with Crippen LogP contribution in [0.25, 0.3) is 0 Å². The van der Waals surface area contributed by atoms with Crippen molar-refractivity contribution < 1.29 is 9.13 Å². The maximum Gasteiger partial charge on any atom is 0.141 e. The van der Waals surface area contributed by atoms with Gasteiger partial charge in [0.2, 0.25) is 0 Å². The molecule has 0 aliphatic heterocycles. The first kappa shape index (κ1) is 13.4. The fraction of sp³-hybridized carbons (Fsp3) is 0.250. The lowest BCUT2D eigenvalue weighted by Gasteiger charge is -2.14. The lowest BCUT2D eigenvalue weighted by molar-refractivity contribution is 0.303. The number of nitrogens with two attached hydrogens (primary N) is 1. The summed E-state index contributed by atoms with van der Waals surface area (Å²) < 4.78 is 18.8. The second kappa shape index (κ2) is 5.43. The first-order valence-corrected chi connectivity index (χ1v) is 6.98. The third-order valence-electron chi connectivity index (χ3n) is 3.37. The van der Waals surface area contributed by atoms with E-state index in [-0.39, 0.29) is 11.1 Å². The van der Waals surface area contributed by atoms with Gasteiger partial charge in [-0.15, -0.1) is 0 Å². The molecule has 2 nitrogen and oxygen atoms in total. The van der Waals surface area contributed by atoms with Crippen LogP contribution in [0.15, 0.2) is 42.5 Å². The Labute approximate surface area is 122 Å². The highest BCUT2D eigenvalue weighted by Crippen LogP contribution is 2.29. The van der Waals surface area contributed by atoms with Crippen molar-refractivity contribution in [1.29, 1.82) is 0 Å². The van der Waals surface area contributed by atoms with Gasteiger partial charge >= 0.3 is 0 Å². The van der Waals surface area contributed by atoms with Gasteiger partial charge in [-0.25, -0.2) is 4.39 Å². The first-order valence-electron chi connectivity index (χ1n) is 6.60. The van der Waals surface area contributed by atoms with Crippen LogP contribution in [0.1, 0.15) is 30.0 Å². The zero-order valence-corrected chi connectivity index (χ0v) is 11.6. The Kier molecular flexibility index (Phi) is 3.64. The molecule has 1 atom stereocenters. The van der Waals surface area contributed by atoms with Crippen LogP contribution in [0.4, 0.5) is 4.39 Å². The van der Waals surface area contributed by atoms with Crippen LogP contribution in [-0.2, 0) is 0 Å². The van der Waals surface area contributed by atoms with Gasteiger partial charge in [-0.2, -0.15) is 0 Å². The van der Waals surface area contributed by atoms with Gasteiger partial charge in [0.15, 0.2) is 0 Å². The molecule has 1 unspecified atom stereocenters. The Morgan fingerprint density at radius 2 is 1.75 bits per heavy atom. The second-order valence-electron chi connectivity index (χ2n) is 5.04. The molecule has 104 valence electrons. The number of hydrogen-bond acceptors (Lipinski definition) is 2. The number of hydrogen-bond donors (Lipinski definition) is 1. The highest BCUT2D eigenvalue weighted by molar-refractivity contribution is 6.30. The van der Waals surface area contributed by atoms with Crippen LogP contribution in [0.3, 0.4) is 0 Å². The number of benzene rings is 2. The summed E-state index contributed by atoms with van der Waals surface area (Å²) in [6, 6.07) is 11.9. The van der Waals surface area contributed by atoms with E-state index in [2.05, 4.69) is 0 Å². The lowest BCUT2D eigenvalue weighted by Crippen LogP contribution is -2.12. The first-order chi connectivity index (χ1) is 9.63. The number of rotatable bonds is 4. The fourth-order valence-corrected chi connectivity index (χ4v) is 2.22. The van der Waals surface area contributed by atoms with Gasteiger partial charge in [-0.1, -0.05) is 29.8 Å². The van der Waals surface area contributed by atoms with E-state index in [1.165, 1.54) is 6.07 Å². The second-order valence-corrected chi connectivity index (χ2v) is 5.44. The molecule has 1 aliphatic carbocycles. The highest BCUT2D eigenvalue weighted by atomic mass is 35.5. The summed E-state index contributed by atoms with van der Waals surface area (Å²) in [5, 5.41) is 0.0895. The molecule has 1 fully saturated rings. The Hall–Kier alpha value is -1.58. The summed E-state index contributed by atoms with van der Waals surface area (Å²) in [6.07, 6.45) is 2.65. The van der Waals surface area contributed by atoms with Gasteiger partial charge in [0.05, 0.1) is 17.2 Å². The van der Waals surface area contributed by atoms with Gasteiger partial charge in [0.25, 0.3) is 0 Å². The molecule has 2 aromatic rings. The quantitative estimate of drug-likeness (QED) is 0.921. The Bertz CT molecular complexity index is 610. The lowest BCUT2D eigenvalue weighted by atomic mass is 9.99. The third kappa shape index (κ3) is 2.94. The SMILES string of the molecule is NC(c1ccc(OC2CC2)cc1)c1ccc(F)c(Cl)c1. The van der Waals surface area contributed by atoms with Crippen LogP contribution >= 0.6 is 11.6 Å². The predicted octanol–water partition coefficient (Wildman–Crippen LogP) is 4.07. The minimum atomic E-state index is -0.434. The van der Waals surface area contributed by atoms with Crippen LogP contribution < -0.4 is 10.5 Å². The minimum Gasteiger partial charge on any atom is -0.490 e. The molecule has 0 radical (unpaired) electrons. The van der Waals surface area contributed by atoms with E-state index < -0.39 is 5.82 Å². The highest BCUT2D eigenvalue weighted by Gasteiger charge is 2.23. The molecule has 1 saturated carbocycles. The molecular formula is C16H15ClFNO. The van der Waals surface area contributed by atoms with Gasteiger partial charge < -0.3 is 10.5 Å². The normalized spacial score (nSPS) is 15.9. The maximum atomic E-state index is 13.2. The monoisotopic (exact) mass is 291 g/mol. The molecule has 1 aliphatic rings. The van der Waals surface area contributed by atoms with Gasteiger partial charge in [0, 0.05) is 0 Å². The summed E-state index contributed by atoms with van der Waals surface area (Å²) in [7, 11) is 0. The molecule has 2 N–H and O–H groups in total. The summed E-state index contributed by atoms with van der Waals surface area (Å²) >= 11 is 5.78. The van der Waals surface area contributed by atoms with Crippen molar-refractivity contribution in [2.45, 2.75) is 25.0 Å². The molecule has 0 amide bonds. The van der Waals surface area contributed by atoms with Gasteiger partial charge in [-0.3, -0.25) is 0 Å². The van der Waals surface area contributed by atoms with E-state index in [9.17, 15) is 4.39 Å². The van der Waals surface area contributed by atoms with Crippen molar-refractivity contribution in [2.24, 2.45) is 5.73 Å². The van der Waals surface area contributed by atoms with Gasteiger partial charge in [0.1, 0.15) is 11.6 Å². The fourth-order valence-electron chi connectivity index (χ4n) is 2.03. The van der Waals surface area contributed by atoms with Crippen molar-refractivity contribution in [3.8, 4) is 5.75 Å². The van der Waals surface area contributed by atoms with E-state index in [1.807, 2.05) is 24.3 Å². The van der Waals surface area contributed by atoms with Crippen LogP contribution in [0.5, 0.6) is 5.75 Å². The van der Waals surface area contributed by atoms with Crippen LogP contribution in [0, 0.1) is 5.82 Å². The van der Waals surface area contributed by atoms with Gasteiger partial charge in [-0.05, 0) is 48.2 Å². The molecule has 0 saturated heterocycles. The summed E-state index contributed by atoms with van der Waals surface area (Å²) in [5.74, 6) is 0.427. The topological polar surface area (TPSA) is 35.2 Å². The van der Waals surface area contributed by atoms with Crippen LogP contribution in [-0.4, -0.2) is 6.10 Å². The molecular weight excluding hydrogens is 277 g/mol. The van der Waals surface area contributed by atoms with Crippen molar-refractivity contribution in [2.75, 3.05) is 0 Å². The summed E-state index contributed by atoms with van der Waals surface area (Å²) in [6.45, 7) is 0. The molecule has 0 aromatic heterocycles.